The molecule has 0 unspecified atom stereocenters. The summed E-state index contributed by atoms with van der Waals surface area (Å²) >= 11 is 0. The number of carbonyl (C=O) groups is 18. The van der Waals surface area contributed by atoms with Crippen LogP contribution in [-0.4, -0.2) is 254 Å². The van der Waals surface area contributed by atoms with Crippen molar-refractivity contribution in [1.29, 1.82) is 0 Å². The number of fused-ring (bicyclic) bond motifs is 3. The van der Waals surface area contributed by atoms with Crippen LogP contribution in [0.1, 0.15) is 347 Å². The number of hydrogen-bond donors (Lipinski definition) is 12. The van der Waals surface area contributed by atoms with E-state index < -0.39 is 195 Å². The minimum absolute atomic E-state index is 0. The number of amides is 15. The molecule has 6 aliphatic rings. The zero-order valence-electron chi connectivity index (χ0n) is 89.7. The molecule has 15 amide bonds. The molecule has 3 aliphatic heterocycles. The van der Waals surface area contributed by atoms with Crippen LogP contribution in [0.2, 0.25) is 0 Å². The summed E-state index contributed by atoms with van der Waals surface area (Å²) in [6, 6.07) is -4.74. The van der Waals surface area contributed by atoms with E-state index in [-0.39, 0.29) is 144 Å². The largest absolute Gasteiger partial charge is 0.347 e. The number of hydrogen-bond acceptors (Lipinski definition) is 24. The minimum Gasteiger partial charge on any atom is -0.347 e. The van der Waals surface area contributed by atoms with Crippen LogP contribution in [0, 0.1) is 63.6 Å². The topological polar surface area (TPSA) is 539 Å². The van der Waals surface area contributed by atoms with Crippen molar-refractivity contribution < 1.29 is 86.3 Å². The van der Waals surface area contributed by atoms with Crippen molar-refractivity contribution in [2.75, 3.05) is 13.1 Å². The molecule has 39 heteroatoms. The van der Waals surface area contributed by atoms with Gasteiger partial charge in [-0.3, -0.25) is 101 Å². The fraction of sp³-hybridized carbons (Fsp3) is 0.676. The van der Waals surface area contributed by atoms with Gasteiger partial charge in [0.2, 0.25) is 70.5 Å². The summed E-state index contributed by atoms with van der Waals surface area (Å²) in [5.74, 6) is -11.1. The smallest absolute Gasteiger partial charge is 0.289 e. The number of ketones is 3. The zero-order chi connectivity index (χ0) is 108. The molecule has 12 N–H and O–H groups in total. The highest BCUT2D eigenvalue weighted by atomic mass is 16.2. The number of benzene rings is 1. The first-order valence-electron chi connectivity index (χ1n) is 52.4. The molecule has 4 aromatic rings. The maximum absolute atomic E-state index is 14.6. The average molecular weight is 2090 g/mol. The van der Waals surface area contributed by atoms with E-state index in [4.69, 9.17) is 0 Å². The van der Waals surface area contributed by atoms with Gasteiger partial charge in [-0.05, 0) is 153 Å². The van der Waals surface area contributed by atoms with Crippen molar-refractivity contribution in [2.24, 2.45) is 63.6 Å². The normalized spacial score (nSPS) is 20.1. The summed E-state index contributed by atoms with van der Waals surface area (Å²) < 4.78 is 0. The predicted molar refractivity (Wildman–Crippen MR) is 573 cm³/mol. The molecular formula is C111H177N21O18. The molecule has 0 spiro atoms. The number of aromatic nitrogens is 6. The lowest BCUT2D eigenvalue weighted by atomic mass is 9.83. The molecule has 834 valence electrons. The van der Waals surface area contributed by atoms with E-state index in [9.17, 15) is 86.3 Å². The molecule has 39 nitrogen and oxygen atoms in total. The van der Waals surface area contributed by atoms with Crippen molar-refractivity contribution in [3.05, 3.63) is 108 Å². The Morgan fingerprint density at radius 1 is 0.373 bits per heavy atom. The second kappa shape index (κ2) is 59.4. The Morgan fingerprint density at radius 2 is 0.707 bits per heavy atom. The van der Waals surface area contributed by atoms with Gasteiger partial charge >= 0.3 is 0 Å². The molecule has 0 bridgehead atoms. The lowest BCUT2D eigenvalue weighted by Crippen LogP contribution is -2.63. The fourth-order valence-corrected chi connectivity index (χ4v) is 19.1. The molecule has 10 rings (SSSR count). The highest BCUT2D eigenvalue weighted by molar-refractivity contribution is 6.39. The Labute approximate surface area is 889 Å². The second-order valence-corrected chi connectivity index (χ2v) is 43.9. The number of Topliss-reactive ketones (excluding diaryl/α,β-unsaturated/α-hetero) is 3. The Hall–Kier alpha value is -12.5. The maximum Gasteiger partial charge on any atom is 0.289 e. The van der Waals surface area contributed by atoms with Crippen molar-refractivity contribution in [3.8, 4) is 0 Å². The van der Waals surface area contributed by atoms with Crippen molar-refractivity contribution in [3.63, 3.8) is 0 Å². The lowest BCUT2D eigenvalue weighted by molar-refractivity contribution is -0.148. The first-order valence-corrected chi connectivity index (χ1v) is 52.4. The number of rotatable bonds is 44. The van der Waals surface area contributed by atoms with Crippen LogP contribution in [0.15, 0.2) is 80.0 Å². The van der Waals surface area contributed by atoms with Gasteiger partial charge in [-0.1, -0.05) is 251 Å². The molecule has 3 saturated carbocycles. The molecular weight excluding hydrogens is 1920 g/mol. The highest BCUT2D eigenvalue weighted by Gasteiger charge is 2.56. The third-order valence-corrected chi connectivity index (χ3v) is 29.2. The first kappa shape index (κ1) is 130. The van der Waals surface area contributed by atoms with Crippen LogP contribution in [0.25, 0.3) is 0 Å². The van der Waals surface area contributed by atoms with Gasteiger partial charge < -0.3 is 78.5 Å². The van der Waals surface area contributed by atoms with Gasteiger partial charge in [-0.25, -0.2) is 15.0 Å². The Balaban J connectivity index is 0.000000462. The zero-order valence-corrected chi connectivity index (χ0v) is 89.7. The number of nitrogens with one attached hydrogen (secondary N) is 12. The quantitative estimate of drug-likeness (QED) is 0.0183. The maximum atomic E-state index is 14.6. The van der Waals surface area contributed by atoms with Gasteiger partial charge in [-0.15, -0.1) is 0 Å². The average Bonchev–Trinajstić information content (AvgIpc) is 1.59. The van der Waals surface area contributed by atoms with E-state index in [0.717, 1.165) is 62.5 Å². The van der Waals surface area contributed by atoms with Crippen LogP contribution in [0.4, 0.5) is 0 Å². The minimum atomic E-state index is -1.09. The number of carbonyl (C=O) groups excluding carboxylic acids is 18. The summed E-state index contributed by atoms with van der Waals surface area (Å²) in [6.07, 6.45) is 24.2. The summed E-state index contributed by atoms with van der Waals surface area (Å²) in [5.41, 5.74) is -0.386. The van der Waals surface area contributed by atoms with Gasteiger partial charge in [0.1, 0.15) is 71.5 Å². The molecule has 21 atom stereocenters. The van der Waals surface area contributed by atoms with E-state index in [2.05, 4.69) is 93.7 Å². The predicted octanol–water partition coefficient (Wildman–Crippen LogP) is 10.1. The van der Waals surface area contributed by atoms with Crippen LogP contribution < -0.4 is 63.8 Å². The van der Waals surface area contributed by atoms with E-state index in [1.807, 2.05) is 184 Å². The third-order valence-electron chi connectivity index (χ3n) is 29.2. The van der Waals surface area contributed by atoms with E-state index >= 15 is 0 Å². The molecule has 0 radical (unpaired) electrons. The van der Waals surface area contributed by atoms with Crippen LogP contribution in [0.3, 0.4) is 0 Å². The molecule has 2 saturated heterocycles. The monoisotopic (exact) mass is 2090 g/mol. The number of nitrogens with zero attached hydrogens (tertiary/aromatic N) is 9. The van der Waals surface area contributed by atoms with Gasteiger partial charge in [0.15, 0.2) is 0 Å². The Morgan fingerprint density at radius 3 is 1.02 bits per heavy atom. The lowest BCUT2D eigenvalue weighted by Gasteiger charge is -2.41. The standard InChI is InChI=1S/C36H49N7O6.C36H57N7O6.C35H55N7O6.4CH4/c1-7-11-25(29(44)34(48)39-24-14-15-24)40-32(46)27-18-22-12-9-10-13-23(22)20-43(27)35(49)30(36(4,5)6)42-33(47)28(21(3)8-2)41-31(45)26-19-37-16-17-38-26;1-10-13-25(29(44)34(48)39-22(6)20(3)4)40-33(47)28-24-15-12-14-23(24)19-43(28)35(49)30(36(7,8)9)42-32(46)27(21(5)11-2)41-31(45)26-18-37-16-17-38-26;1-9-13-24(28(43)33(47)38-21(5)11-3)39-32(46)27-23-15-12-14-22(23)19-42(27)34(48)29(35(6,7)8)41-31(45)26(20(4)10-2)40-30(44)25-18-36-16-17-37-25;;;;/h9-10,12-13,16-17,19,21,24-25,27-28,30H,7-8,11,14-15,18,20H2,1-6H3,(H,39,48)(H,40,46)(H,41,45)(H,42,47);16-18,20-25,27-28,30H,10-15,19H2,1-9H3,(H,39,48)(H,40,47)(H,41,45)(H,42,46);16-18,20-24,26-27,29H,9-15,19H2,1-8H3,(H,38,47)(H,39,46)(H,40,44)(H,41,45);4*1H4/t21-,25-,27-,28-,30+;21-,22-,23-,24-,25-,27-,28-,30+;20-,21-,22-,23-,24-,26-,27-,29+;;;;/m000..../s1. The van der Waals surface area contributed by atoms with Crippen LogP contribution >= 0.6 is 0 Å². The summed E-state index contributed by atoms with van der Waals surface area (Å²) in [6.45, 7) is 43.5. The first-order chi connectivity index (χ1) is 68.9. The van der Waals surface area contributed by atoms with Crippen molar-refractivity contribution in [1.82, 2.24) is 108 Å². The van der Waals surface area contributed by atoms with Crippen molar-refractivity contribution >= 4 is 106 Å². The summed E-state index contributed by atoms with van der Waals surface area (Å²) in [4.78, 5) is 273. The van der Waals surface area contributed by atoms with Gasteiger partial charge in [0, 0.05) is 81.4 Å². The van der Waals surface area contributed by atoms with Gasteiger partial charge in [-0.2, -0.15) is 0 Å². The molecule has 3 aliphatic carbocycles. The van der Waals surface area contributed by atoms with Crippen LogP contribution in [0.5, 0.6) is 0 Å². The summed E-state index contributed by atoms with van der Waals surface area (Å²) in [7, 11) is 0. The molecule has 3 aromatic heterocycles. The SMILES string of the molecule is C.C.C.C.CCC[C@H](NC(=O)[C@@H]1Cc2ccccc2CN1C(=O)[C@@H](NC(=O)[C@@H](NC(=O)c1cnccn1)[C@@H](C)CC)C(C)(C)C)C(=O)C(=O)NC1CC1.CCC[C@H](NC(=O)[C@@H]1[C@H]2CCC[C@H]2CN1C(=O)[C@@H](NC(=O)[C@@H](NC(=O)c1cnccn1)[C@@H](C)CC)C(C)(C)C)C(=O)C(=O)N[C@@H](C)C(C)C.CCC[C@H](NC(=O)[C@@H]1[C@H]2CCC[C@H]2CN1C(=O)[C@@H](NC(=O)[C@@H](NC(=O)c1cnccn1)[C@@H](C)CC)C(C)(C)C)C(=O)C(=O)N[C@@H](C)CC. The van der Waals surface area contributed by atoms with E-state index in [1.54, 1.807) is 9.80 Å². The second-order valence-electron chi connectivity index (χ2n) is 43.9. The molecule has 6 heterocycles. The van der Waals surface area contributed by atoms with Crippen LogP contribution in [-0.2, 0) is 84.9 Å². The van der Waals surface area contributed by atoms with Gasteiger partial charge in [0.05, 0.1) is 36.7 Å². The van der Waals surface area contributed by atoms with Gasteiger partial charge in [0.25, 0.3) is 35.4 Å². The fourth-order valence-electron chi connectivity index (χ4n) is 19.1. The third kappa shape index (κ3) is 35.0. The molecule has 1 aromatic carbocycles. The number of likely N-dealkylation sites (tertiary alicyclic amines) is 2. The summed E-state index contributed by atoms with van der Waals surface area (Å²) in [5, 5.41) is 33.7. The van der Waals surface area contributed by atoms with E-state index in [1.165, 1.54) is 60.7 Å². The Kier molecular flexibility index (Phi) is 51.4. The highest BCUT2D eigenvalue weighted by Crippen LogP contribution is 2.45. The molecule has 5 fully saturated rings. The van der Waals surface area contributed by atoms with Crippen molar-refractivity contribution in [2.45, 2.75) is 408 Å². The van der Waals surface area contributed by atoms with E-state index in [0.29, 0.717) is 58.0 Å². The molecule has 150 heavy (non-hydrogen) atoms. The Bertz CT molecular complexity index is 5200.